The van der Waals surface area contributed by atoms with Crippen LogP contribution >= 0.6 is 0 Å². The molecule has 0 fully saturated rings. The molecule has 0 N–H and O–H groups in total. The van der Waals surface area contributed by atoms with Crippen LogP contribution in [0.4, 0.5) is 0 Å². The third-order valence-corrected chi connectivity index (χ3v) is 16.2. The molecule has 12 aromatic carbocycles. The van der Waals surface area contributed by atoms with E-state index in [4.69, 9.17) is 4.42 Å². The molecule has 1 nitrogen and oxygen atoms in total. The Bertz CT molecular complexity index is 4130. The summed E-state index contributed by atoms with van der Waals surface area (Å²) in [4.78, 5) is 0. The Labute approximate surface area is 374 Å². The van der Waals surface area contributed by atoms with Crippen LogP contribution in [-0.2, 0) is 0 Å². The van der Waals surface area contributed by atoms with Crippen molar-refractivity contribution in [3.63, 3.8) is 0 Å². The van der Waals surface area contributed by atoms with Crippen molar-refractivity contribution in [3.8, 4) is 44.5 Å². The molecule has 0 spiro atoms. The quantitative estimate of drug-likeness (QED) is 0.127. The van der Waals surface area contributed by atoms with Gasteiger partial charge in [-0.2, -0.15) is 0 Å². The average Bonchev–Trinajstić information content (AvgIpc) is 3.94. The summed E-state index contributed by atoms with van der Waals surface area (Å²) in [5.74, 6) is 0. The predicted molar refractivity (Wildman–Crippen MR) is 275 cm³/mol. The topological polar surface area (TPSA) is 13.1 Å². The number of furan rings is 1. The molecular formula is C62H36OSe. The van der Waals surface area contributed by atoms with Crippen molar-refractivity contribution in [2.45, 2.75) is 0 Å². The number of rotatable bonds is 4. The molecule has 296 valence electrons. The van der Waals surface area contributed by atoms with Gasteiger partial charge in [0.05, 0.1) is 0 Å². The molecule has 2 heterocycles. The Balaban J connectivity index is 1.02. The van der Waals surface area contributed by atoms with Crippen LogP contribution in [0, 0.1) is 0 Å². The minimum absolute atomic E-state index is 0.0886. The summed E-state index contributed by atoms with van der Waals surface area (Å²) in [6, 6.07) is 80.9. The Morgan fingerprint density at radius 3 is 1.44 bits per heavy atom. The molecule has 0 saturated carbocycles. The van der Waals surface area contributed by atoms with Gasteiger partial charge in [-0.15, -0.1) is 0 Å². The van der Waals surface area contributed by atoms with Crippen molar-refractivity contribution in [2.24, 2.45) is 0 Å². The van der Waals surface area contributed by atoms with Crippen LogP contribution in [0.5, 0.6) is 0 Å². The van der Waals surface area contributed by atoms with E-state index in [-0.39, 0.29) is 14.5 Å². The fraction of sp³-hybridized carbons (Fsp3) is 0. The van der Waals surface area contributed by atoms with Crippen LogP contribution in [0.2, 0.25) is 0 Å². The summed E-state index contributed by atoms with van der Waals surface area (Å²) in [6.07, 6.45) is 0. The molecule has 64 heavy (non-hydrogen) atoms. The van der Waals surface area contributed by atoms with Gasteiger partial charge in [-0.3, -0.25) is 0 Å². The van der Waals surface area contributed by atoms with E-state index >= 15 is 0 Å². The maximum absolute atomic E-state index is 6.58. The second-order valence-corrected chi connectivity index (χ2v) is 19.2. The molecule has 0 saturated heterocycles. The number of hydrogen-bond donors (Lipinski definition) is 0. The van der Waals surface area contributed by atoms with Gasteiger partial charge in [0.1, 0.15) is 0 Å². The fourth-order valence-corrected chi connectivity index (χ4v) is 13.6. The third kappa shape index (κ3) is 5.13. The molecule has 2 aromatic heterocycles. The van der Waals surface area contributed by atoms with Crippen molar-refractivity contribution in [2.75, 3.05) is 0 Å². The first-order valence-electron chi connectivity index (χ1n) is 22.0. The summed E-state index contributed by atoms with van der Waals surface area (Å²) in [6.45, 7) is 0. The van der Waals surface area contributed by atoms with Crippen molar-refractivity contribution < 1.29 is 4.42 Å². The van der Waals surface area contributed by atoms with Crippen LogP contribution < -0.4 is 0 Å². The summed E-state index contributed by atoms with van der Waals surface area (Å²) >= 11 is 0.0886. The number of fused-ring (bicyclic) bond motifs is 12. The van der Waals surface area contributed by atoms with Crippen molar-refractivity contribution in [3.05, 3.63) is 218 Å². The molecule has 0 aliphatic rings. The van der Waals surface area contributed by atoms with E-state index in [9.17, 15) is 0 Å². The Kier molecular flexibility index (Phi) is 7.77. The fourth-order valence-electron chi connectivity index (χ4n) is 11.0. The first-order chi connectivity index (χ1) is 31.8. The molecule has 0 amide bonds. The summed E-state index contributed by atoms with van der Waals surface area (Å²) in [7, 11) is 0. The van der Waals surface area contributed by atoms with Gasteiger partial charge >= 0.3 is 347 Å². The zero-order valence-electron chi connectivity index (χ0n) is 34.6. The standard InChI is InChI=1S/C62H36OSe/c1-2-17-38(18-3-1)56-41-20-6-10-24-45(41)58(46-25-11-7-21-42(46)56)50-28-15-31-55-60(50)52-30-14-29-51(62(52)64-55)59-47-26-12-8-22-43(47)57(44-23-9-13-27-48(44)59)39-33-35-54-53(36-39)49-34-32-37-16-4-5-19-40(37)61(49)63-54/h1-36H. The van der Waals surface area contributed by atoms with Crippen molar-refractivity contribution >= 4 is 110 Å². The molecule has 0 aliphatic heterocycles. The molecule has 0 radical (unpaired) electrons. The van der Waals surface area contributed by atoms with E-state index in [0.717, 1.165) is 27.3 Å². The molecule has 14 aromatic rings. The van der Waals surface area contributed by atoms with Gasteiger partial charge in [-0.25, -0.2) is 0 Å². The Hall–Kier alpha value is -7.74. The van der Waals surface area contributed by atoms with Crippen LogP contribution in [0.3, 0.4) is 0 Å². The molecule has 2 heteroatoms. The second kappa shape index (κ2) is 13.9. The first-order valence-corrected chi connectivity index (χ1v) is 23.7. The molecule has 0 aliphatic carbocycles. The van der Waals surface area contributed by atoms with Gasteiger partial charge in [0.2, 0.25) is 0 Å². The SMILES string of the molecule is c1ccc(-c2c3ccccc3c(-c3cccc4[se]c5c(-c6c7ccccc7c(-c7ccc8oc9c%10ccccc%10ccc9c8c7)c7ccccc67)cccc5c34)c3ccccc23)cc1. The molecule has 14 rings (SSSR count). The van der Waals surface area contributed by atoms with E-state index in [1.54, 1.807) is 0 Å². The minimum atomic E-state index is 0.0886. The van der Waals surface area contributed by atoms with E-state index in [1.165, 1.54) is 112 Å². The normalized spacial score (nSPS) is 12.1. The second-order valence-electron chi connectivity index (χ2n) is 17.0. The average molecular weight is 876 g/mol. The Morgan fingerprint density at radius 2 is 0.797 bits per heavy atom. The first kappa shape index (κ1) is 35.8. The van der Waals surface area contributed by atoms with Gasteiger partial charge in [0, 0.05) is 0 Å². The zero-order chi connectivity index (χ0) is 41.9. The molecular weight excluding hydrogens is 840 g/mol. The summed E-state index contributed by atoms with van der Waals surface area (Å²) < 4.78 is 9.47. The van der Waals surface area contributed by atoms with E-state index in [1.807, 2.05) is 0 Å². The van der Waals surface area contributed by atoms with E-state index in [2.05, 4.69) is 218 Å². The van der Waals surface area contributed by atoms with E-state index in [0.29, 0.717) is 0 Å². The Morgan fingerprint density at radius 1 is 0.297 bits per heavy atom. The number of hydrogen-bond acceptors (Lipinski definition) is 1. The van der Waals surface area contributed by atoms with Crippen LogP contribution in [0.15, 0.2) is 223 Å². The van der Waals surface area contributed by atoms with Gasteiger partial charge < -0.3 is 0 Å². The van der Waals surface area contributed by atoms with Crippen LogP contribution in [0.1, 0.15) is 0 Å². The van der Waals surface area contributed by atoms with Gasteiger partial charge in [0.25, 0.3) is 0 Å². The van der Waals surface area contributed by atoms with E-state index < -0.39 is 0 Å². The maximum atomic E-state index is 6.58. The summed E-state index contributed by atoms with van der Waals surface area (Å²) in [5.41, 5.74) is 12.1. The molecule has 0 bridgehead atoms. The van der Waals surface area contributed by atoms with Crippen molar-refractivity contribution in [1.29, 1.82) is 0 Å². The van der Waals surface area contributed by atoms with Crippen LogP contribution in [-0.4, -0.2) is 14.5 Å². The van der Waals surface area contributed by atoms with Crippen LogP contribution in [0.25, 0.3) is 140 Å². The predicted octanol–water partition coefficient (Wildman–Crippen LogP) is 17.4. The van der Waals surface area contributed by atoms with Gasteiger partial charge in [-0.1, -0.05) is 24.3 Å². The third-order valence-electron chi connectivity index (χ3n) is 13.6. The van der Waals surface area contributed by atoms with Gasteiger partial charge in [-0.05, 0) is 5.39 Å². The molecule has 0 unspecified atom stereocenters. The zero-order valence-corrected chi connectivity index (χ0v) is 36.3. The van der Waals surface area contributed by atoms with Crippen molar-refractivity contribution in [1.82, 2.24) is 0 Å². The van der Waals surface area contributed by atoms with Gasteiger partial charge in [0.15, 0.2) is 0 Å². The molecule has 0 atom stereocenters. The monoisotopic (exact) mass is 876 g/mol. The number of benzene rings is 12. The summed E-state index contributed by atoms with van der Waals surface area (Å²) in [5, 5.41) is 17.5.